The minimum absolute atomic E-state index is 0.210. The summed E-state index contributed by atoms with van der Waals surface area (Å²) in [4.78, 5) is 0.210. The second kappa shape index (κ2) is 6.17. The van der Waals surface area contributed by atoms with Gasteiger partial charge in [-0.1, -0.05) is 0 Å². The van der Waals surface area contributed by atoms with E-state index in [9.17, 15) is 8.42 Å². The lowest BCUT2D eigenvalue weighted by molar-refractivity contribution is 0.337. The first-order valence-electron chi connectivity index (χ1n) is 7.10. The predicted molar refractivity (Wildman–Crippen MR) is 92.8 cm³/mol. The van der Waals surface area contributed by atoms with Crippen molar-refractivity contribution in [1.29, 1.82) is 0 Å². The van der Waals surface area contributed by atoms with Crippen molar-refractivity contribution < 1.29 is 13.2 Å². The highest BCUT2D eigenvalue weighted by molar-refractivity contribution is 7.92. The Morgan fingerprint density at radius 3 is 2.78 bits per heavy atom. The molecule has 0 fully saturated rings. The number of aryl methyl sites for hydroxylation is 1. The second-order valence-corrected chi connectivity index (χ2v) is 7.56. The molecule has 0 unspecified atom stereocenters. The predicted octanol–water partition coefficient (Wildman–Crippen LogP) is 3.80. The van der Waals surface area contributed by atoms with Gasteiger partial charge in [-0.05, 0) is 67.3 Å². The fourth-order valence-electron chi connectivity index (χ4n) is 2.26. The third kappa shape index (κ3) is 3.30. The number of rotatable bonds is 5. The first-order chi connectivity index (χ1) is 11.0. The third-order valence-electron chi connectivity index (χ3n) is 3.36. The first-order valence-corrected chi connectivity index (χ1v) is 9.36. The highest BCUT2D eigenvalue weighted by atomic mass is 32.2. The Bertz CT molecular complexity index is 949. The summed E-state index contributed by atoms with van der Waals surface area (Å²) in [5.74, 6) is 0.692. The number of anilines is 1. The van der Waals surface area contributed by atoms with E-state index in [2.05, 4.69) is 9.10 Å². The van der Waals surface area contributed by atoms with Crippen LogP contribution in [0.15, 0.2) is 47.5 Å². The summed E-state index contributed by atoms with van der Waals surface area (Å²) in [7, 11) is -3.64. The Balaban J connectivity index is 1.90. The molecule has 1 aromatic heterocycles. The summed E-state index contributed by atoms with van der Waals surface area (Å²) < 4.78 is 38.2. The fraction of sp³-hybridized carbons (Fsp3) is 0.188. The van der Waals surface area contributed by atoms with Crippen LogP contribution in [0.5, 0.6) is 5.75 Å². The maximum atomic E-state index is 12.5. The van der Waals surface area contributed by atoms with Crippen LogP contribution >= 0.6 is 11.5 Å². The highest BCUT2D eigenvalue weighted by Crippen LogP contribution is 2.26. The summed E-state index contributed by atoms with van der Waals surface area (Å²) in [5.41, 5.74) is 1.30. The molecule has 0 radical (unpaired) electrons. The Labute approximate surface area is 139 Å². The second-order valence-electron chi connectivity index (χ2n) is 5.04. The lowest BCUT2D eigenvalue weighted by atomic mass is 10.2. The molecule has 0 bridgehead atoms. The molecule has 0 saturated carbocycles. The molecule has 1 heterocycles. The Morgan fingerprint density at radius 1 is 1.22 bits per heavy atom. The van der Waals surface area contributed by atoms with Crippen molar-refractivity contribution >= 4 is 37.3 Å². The van der Waals surface area contributed by atoms with Gasteiger partial charge in [0.05, 0.1) is 16.2 Å². The van der Waals surface area contributed by atoms with E-state index >= 15 is 0 Å². The van der Waals surface area contributed by atoms with E-state index in [-0.39, 0.29) is 4.90 Å². The smallest absolute Gasteiger partial charge is 0.261 e. The van der Waals surface area contributed by atoms with Crippen molar-refractivity contribution in [2.75, 3.05) is 11.3 Å². The monoisotopic (exact) mass is 348 g/mol. The zero-order valence-electron chi connectivity index (χ0n) is 12.7. The van der Waals surface area contributed by atoms with Crippen molar-refractivity contribution in [3.05, 3.63) is 48.2 Å². The molecule has 3 rings (SSSR count). The number of ether oxygens (including phenoxy) is 1. The normalized spacial score (nSPS) is 11.6. The summed E-state index contributed by atoms with van der Waals surface area (Å²) in [6.45, 7) is 4.26. The van der Waals surface area contributed by atoms with Gasteiger partial charge in [0.1, 0.15) is 5.75 Å². The molecule has 0 atom stereocenters. The molecule has 0 aliphatic carbocycles. The molecule has 0 saturated heterocycles. The minimum atomic E-state index is -3.64. The lowest BCUT2D eigenvalue weighted by Crippen LogP contribution is -2.13. The highest BCUT2D eigenvalue weighted by Gasteiger charge is 2.16. The van der Waals surface area contributed by atoms with Crippen LogP contribution in [-0.4, -0.2) is 19.4 Å². The SMILES string of the molecule is CCOc1ccc(S(=O)(=O)Nc2ccc3sncc3c2)cc1C. The zero-order chi connectivity index (χ0) is 16.4. The maximum absolute atomic E-state index is 12.5. The molecule has 0 amide bonds. The summed E-state index contributed by atoms with van der Waals surface area (Å²) in [5, 5.41) is 0.915. The average Bonchev–Trinajstić information content (AvgIpc) is 2.96. The van der Waals surface area contributed by atoms with Gasteiger partial charge in [0.15, 0.2) is 0 Å². The first kappa shape index (κ1) is 15.8. The summed E-state index contributed by atoms with van der Waals surface area (Å²) in [6.07, 6.45) is 1.72. The number of benzene rings is 2. The van der Waals surface area contributed by atoms with Crippen LogP contribution in [-0.2, 0) is 10.0 Å². The van der Waals surface area contributed by atoms with Crippen LogP contribution < -0.4 is 9.46 Å². The molecule has 23 heavy (non-hydrogen) atoms. The summed E-state index contributed by atoms with van der Waals surface area (Å²) in [6, 6.07) is 10.2. The Kier molecular flexibility index (Phi) is 4.23. The van der Waals surface area contributed by atoms with Gasteiger partial charge >= 0.3 is 0 Å². The molecule has 5 nitrogen and oxygen atoms in total. The van der Waals surface area contributed by atoms with Crippen molar-refractivity contribution in [1.82, 2.24) is 4.37 Å². The van der Waals surface area contributed by atoms with Gasteiger partial charge < -0.3 is 4.74 Å². The van der Waals surface area contributed by atoms with Crippen molar-refractivity contribution in [2.24, 2.45) is 0 Å². The molecular formula is C16H16N2O3S2. The van der Waals surface area contributed by atoms with E-state index in [0.29, 0.717) is 18.0 Å². The molecular weight excluding hydrogens is 332 g/mol. The topological polar surface area (TPSA) is 68.3 Å². The van der Waals surface area contributed by atoms with E-state index in [0.717, 1.165) is 15.6 Å². The van der Waals surface area contributed by atoms with Gasteiger partial charge in [0.25, 0.3) is 10.0 Å². The van der Waals surface area contributed by atoms with Crippen LogP contribution in [0.25, 0.3) is 10.1 Å². The van der Waals surface area contributed by atoms with E-state index in [1.165, 1.54) is 11.5 Å². The molecule has 2 aromatic carbocycles. The molecule has 7 heteroatoms. The number of nitrogens with one attached hydrogen (secondary N) is 1. The Hall–Kier alpha value is -2.12. The molecule has 3 aromatic rings. The largest absolute Gasteiger partial charge is 0.494 e. The average molecular weight is 348 g/mol. The molecule has 1 N–H and O–H groups in total. The van der Waals surface area contributed by atoms with Crippen molar-refractivity contribution in [3.63, 3.8) is 0 Å². The van der Waals surface area contributed by atoms with Crippen LogP contribution in [0.1, 0.15) is 12.5 Å². The van der Waals surface area contributed by atoms with Crippen LogP contribution in [0.3, 0.4) is 0 Å². The standard InChI is InChI=1S/C16H16N2O3S2/c1-3-21-15-6-5-14(8-11(15)2)23(19,20)18-13-4-7-16-12(9-13)10-17-22-16/h4-10,18H,3H2,1-2H3. The molecule has 0 aliphatic rings. The van der Waals surface area contributed by atoms with E-state index in [1.807, 2.05) is 19.9 Å². The van der Waals surface area contributed by atoms with Gasteiger partial charge in [-0.15, -0.1) is 0 Å². The zero-order valence-corrected chi connectivity index (χ0v) is 14.4. The van der Waals surface area contributed by atoms with Gasteiger partial charge in [0, 0.05) is 17.3 Å². The van der Waals surface area contributed by atoms with Crippen LogP contribution in [0.2, 0.25) is 0 Å². The fourth-order valence-corrected chi connectivity index (χ4v) is 4.02. The van der Waals surface area contributed by atoms with Crippen LogP contribution in [0, 0.1) is 6.92 Å². The third-order valence-corrected chi connectivity index (χ3v) is 5.52. The number of aromatic nitrogens is 1. The van der Waals surface area contributed by atoms with Crippen molar-refractivity contribution in [3.8, 4) is 5.75 Å². The number of sulfonamides is 1. The van der Waals surface area contributed by atoms with Gasteiger partial charge in [-0.25, -0.2) is 8.42 Å². The number of fused-ring (bicyclic) bond motifs is 1. The number of hydrogen-bond acceptors (Lipinski definition) is 5. The Morgan fingerprint density at radius 2 is 2.04 bits per heavy atom. The van der Waals surface area contributed by atoms with Crippen LogP contribution in [0.4, 0.5) is 5.69 Å². The maximum Gasteiger partial charge on any atom is 0.261 e. The molecule has 0 aliphatic heterocycles. The molecule has 120 valence electrons. The van der Waals surface area contributed by atoms with E-state index in [4.69, 9.17) is 4.74 Å². The van der Waals surface area contributed by atoms with E-state index < -0.39 is 10.0 Å². The van der Waals surface area contributed by atoms with Gasteiger partial charge in [-0.2, -0.15) is 4.37 Å². The van der Waals surface area contributed by atoms with E-state index in [1.54, 1.807) is 36.5 Å². The van der Waals surface area contributed by atoms with Gasteiger partial charge in [0.2, 0.25) is 0 Å². The number of hydrogen-bond donors (Lipinski definition) is 1. The number of nitrogens with zero attached hydrogens (tertiary/aromatic N) is 1. The molecule has 0 spiro atoms. The van der Waals surface area contributed by atoms with Gasteiger partial charge in [-0.3, -0.25) is 4.72 Å². The van der Waals surface area contributed by atoms with Crippen molar-refractivity contribution in [2.45, 2.75) is 18.7 Å². The lowest BCUT2D eigenvalue weighted by Gasteiger charge is -2.11. The minimum Gasteiger partial charge on any atom is -0.494 e. The quantitative estimate of drug-likeness (QED) is 0.761. The summed E-state index contributed by atoms with van der Waals surface area (Å²) >= 11 is 1.38.